The van der Waals surface area contributed by atoms with Gasteiger partial charge in [-0.2, -0.15) is 0 Å². The van der Waals surface area contributed by atoms with Gasteiger partial charge in [-0.05, 0) is 72.4 Å². The number of amides is 1. The van der Waals surface area contributed by atoms with Gasteiger partial charge < -0.3 is 20.7 Å². The molecular weight excluding hydrogens is 538 g/mol. The number of nitrogen functional groups attached to an aromatic ring is 1. The number of carbonyl (C=O) groups is 2. The zero-order valence-electron chi connectivity index (χ0n) is 23.3. The maximum Gasteiger partial charge on any atom is 0.328 e. The van der Waals surface area contributed by atoms with E-state index >= 15 is 0 Å². The van der Waals surface area contributed by atoms with Crippen LogP contribution in [0.2, 0.25) is 5.02 Å². The molecule has 9 heteroatoms. The summed E-state index contributed by atoms with van der Waals surface area (Å²) < 4.78 is 5.00. The fourth-order valence-corrected chi connectivity index (χ4v) is 5.16. The van der Waals surface area contributed by atoms with Crippen molar-refractivity contribution in [3.05, 3.63) is 105 Å². The Morgan fingerprint density at radius 1 is 1.02 bits per heavy atom. The number of fused-ring (bicyclic) bond motifs is 1. The Morgan fingerprint density at radius 3 is 2.49 bits per heavy atom. The molecule has 0 spiro atoms. The van der Waals surface area contributed by atoms with Gasteiger partial charge in [0.2, 0.25) is 0 Å². The third kappa shape index (κ3) is 6.18. The Kier molecular flexibility index (Phi) is 8.21. The smallest absolute Gasteiger partial charge is 0.328 e. The van der Waals surface area contributed by atoms with Crippen LogP contribution < -0.4 is 16.0 Å². The number of benzene rings is 3. The molecule has 1 aromatic heterocycles. The SMILES string of the molecule is COC(=O)C(Cc1ccc(Cl)cc1)NC(=O)c1cc(N2CCc3ccccc3C2)nc(-c2ccc(N)c(C)c2C)n1. The molecule has 1 amide bonds. The molecule has 5 rings (SSSR count). The number of aromatic nitrogens is 2. The van der Waals surface area contributed by atoms with Crippen LogP contribution >= 0.6 is 11.6 Å². The Morgan fingerprint density at radius 2 is 1.76 bits per heavy atom. The van der Waals surface area contributed by atoms with E-state index in [1.165, 1.54) is 18.2 Å². The summed E-state index contributed by atoms with van der Waals surface area (Å²) >= 11 is 6.02. The van der Waals surface area contributed by atoms with Crippen molar-refractivity contribution in [3.8, 4) is 11.4 Å². The number of nitrogens with two attached hydrogens (primary N) is 1. The summed E-state index contributed by atoms with van der Waals surface area (Å²) in [6.07, 6.45) is 1.10. The minimum absolute atomic E-state index is 0.155. The van der Waals surface area contributed by atoms with Crippen LogP contribution in [0, 0.1) is 13.8 Å². The normalized spacial score (nSPS) is 13.3. The van der Waals surface area contributed by atoms with Crippen molar-refractivity contribution < 1.29 is 14.3 Å². The number of hydrogen-bond donors (Lipinski definition) is 2. The second kappa shape index (κ2) is 12.0. The third-order valence-corrected chi connectivity index (χ3v) is 7.87. The highest BCUT2D eigenvalue weighted by atomic mass is 35.5. The molecular formula is C32H32ClN5O3. The molecule has 0 radical (unpaired) electrons. The summed E-state index contributed by atoms with van der Waals surface area (Å²) in [5.74, 6) is -0.00258. The second-order valence-corrected chi connectivity index (χ2v) is 10.6. The van der Waals surface area contributed by atoms with E-state index in [4.69, 9.17) is 27.1 Å². The number of halogens is 1. The van der Waals surface area contributed by atoms with Crippen LogP contribution in [0.5, 0.6) is 0 Å². The highest BCUT2D eigenvalue weighted by molar-refractivity contribution is 6.30. The maximum atomic E-state index is 13.7. The Bertz CT molecular complexity index is 1610. The topological polar surface area (TPSA) is 110 Å². The Hall–Kier alpha value is -4.43. The van der Waals surface area contributed by atoms with Crippen molar-refractivity contribution >= 4 is 35.0 Å². The van der Waals surface area contributed by atoms with Crippen molar-refractivity contribution in [2.75, 3.05) is 24.3 Å². The fraction of sp³-hybridized carbons (Fsp3) is 0.250. The molecule has 4 aromatic rings. The molecule has 0 saturated carbocycles. The average Bonchev–Trinajstić information content (AvgIpc) is 2.99. The highest BCUT2D eigenvalue weighted by Gasteiger charge is 2.26. The van der Waals surface area contributed by atoms with Crippen LogP contribution in [-0.4, -0.2) is 41.5 Å². The molecule has 210 valence electrons. The van der Waals surface area contributed by atoms with Gasteiger partial charge in [0, 0.05) is 41.9 Å². The van der Waals surface area contributed by atoms with E-state index in [-0.39, 0.29) is 12.1 Å². The van der Waals surface area contributed by atoms with Crippen LogP contribution in [0.4, 0.5) is 11.5 Å². The van der Waals surface area contributed by atoms with E-state index < -0.39 is 17.9 Å². The lowest BCUT2D eigenvalue weighted by Gasteiger charge is -2.30. The van der Waals surface area contributed by atoms with Gasteiger partial charge >= 0.3 is 5.97 Å². The van der Waals surface area contributed by atoms with E-state index in [1.54, 1.807) is 18.2 Å². The molecule has 2 heterocycles. The number of carbonyl (C=O) groups excluding carboxylic acids is 2. The molecule has 0 bridgehead atoms. The minimum atomic E-state index is -0.919. The van der Waals surface area contributed by atoms with Crippen LogP contribution in [0.1, 0.15) is 38.3 Å². The maximum absolute atomic E-state index is 13.7. The number of rotatable bonds is 7. The van der Waals surface area contributed by atoms with E-state index in [0.717, 1.165) is 35.2 Å². The zero-order valence-corrected chi connectivity index (χ0v) is 24.0. The summed E-state index contributed by atoms with van der Waals surface area (Å²) in [4.78, 5) is 38.1. The van der Waals surface area contributed by atoms with Gasteiger partial charge in [-0.1, -0.05) is 48.0 Å². The summed E-state index contributed by atoms with van der Waals surface area (Å²) in [5.41, 5.74) is 13.0. The van der Waals surface area contributed by atoms with E-state index in [9.17, 15) is 9.59 Å². The number of methoxy groups -OCH3 is 1. The molecule has 0 aliphatic carbocycles. The van der Waals surface area contributed by atoms with Gasteiger partial charge in [-0.25, -0.2) is 14.8 Å². The molecule has 1 aliphatic heterocycles. The van der Waals surface area contributed by atoms with Gasteiger partial charge in [0.15, 0.2) is 5.82 Å². The first-order valence-electron chi connectivity index (χ1n) is 13.4. The fourth-order valence-electron chi connectivity index (χ4n) is 5.03. The lowest BCUT2D eigenvalue weighted by atomic mass is 9.99. The van der Waals surface area contributed by atoms with E-state index in [0.29, 0.717) is 28.9 Å². The van der Waals surface area contributed by atoms with Crippen molar-refractivity contribution in [2.24, 2.45) is 0 Å². The first-order chi connectivity index (χ1) is 19.7. The van der Waals surface area contributed by atoms with Crippen molar-refractivity contribution in [3.63, 3.8) is 0 Å². The molecule has 3 aromatic carbocycles. The summed E-state index contributed by atoms with van der Waals surface area (Å²) in [6, 6.07) is 19.9. The first kappa shape index (κ1) is 28.1. The van der Waals surface area contributed by atoms with Crippen LogP contribution in [0.25, 0.3) is 11.4 Å². The largest absolute Gasteiger partial charge is 0.467 e. The van der Waals surface area contributed by atoms with Crippen LogP contribution in [0.15, 0.2) is 66.7 Å². The Balaban J connectivity index is 1.52. The number of esters is 1. The van der Waals surface area contributed by atoms with Crippen LogP contribution in [0.3, 0.4) is 0 Å². The summed E-state index contributed by atoms with van der Waals surface area (Å²) in [5, 5.41) is 3.42. The number of nitrogens with one attached hydrogen (secondary N) is 1. The van der Waals surface area contributed by atoms with E-state index in [2.05, 4.69) is 27.3 Å². The first-order valence-corrected chi connectivity index (χ1v) is 13.8. The molecule has 3 N–H and O–H groups in total. The predicted molar refractivity (Wildman–Crippen MR) is 161 cm³/mol. The monoisotopic (exact) mass is 569 g/mol. The van der Waals surface area contributed by atoms with Gasteiger partial charge in [-0.15, -0.1) is 0 Å². The van der Waals surface area contributed by atoms with Crippen molar-refractivity contribution in [1.29, 1.82) is 0 Å². The van der Waals surface area contributed by atoms with E-state index in [1.807, 2.05) is 50.2 Å². The standard InChI is InChI=1S/C32H32ClN5O3/c1-19-20(2)26(34)13-12-25(19)30-35-27(17-29(37-30)38-15-14-22-6-4-5-7-23(22)18-38)31(39)36-28(32(40)41-3)16-21-8-10-24(33)11-9-21/h4-13,17,28H,14-16,18,34H2,1-3H3,(H,36,39). The lowest BCUT2D eigenvalue weighted by molar-refractivity contribution is -0.142. The molecule has 41 heavy (non-hydrogen) atoms. The van der Waals surface area contributed by atoms with Crippen LogP contribution in [-0.2, 0) is 28.9 Å². The predicted octanol–water partition coefficient (Wildman–Crippen LogP) is 5.07. The van der Waals surface area contributed by atoms with Crippen molar-refractivity contribution in [1.82, 2.24) is 15.3 Å². The molecule has 1 unspecified atom stereocenters. The van der Waals surface area contributed by atoms with Gasteiger partial charge in [0.25, 0.3) is 5.91 Å². The summed E-state index contributed by atoms with van der Waals surface area (Å²) in [6.45, 7) is 5.32. The lowest BCUT2D eigenvalue weighted by Crippen LogP contribution is -2.43. The highest BCUT2D eigenvalue weighted by Crippen LogP contribution is 2.30. The van der Waals surface area contributed by atoms with Gasteiger partial charge in [-0.3, -0.25) is 4.79 Å². The molecule has 1 atom stereocenters. The molecule has 1 aliphatic rings. The zero-order chi connectivity index (χ0) is 29.1. The number of anilines is 2. The third-order valence-electron chi connectivity index (χ3n) is 7.61. The number of nitrogens with zero attached hydrogens (tertiary/aromatic N) is 3. The quantitative estimate of drug-likeness (QED) is 0.236. The summed E-state index contributed by atoms with van der Waals surface area (Å²) in [7, 11) is 1.30. The minimum Gasteiger partial charge on any atom is -0.467 e. The number of hydrogen-bond acceptors (Lipinski definition) is 7. The molecule has 8 nitrogen and oxygen atoms in total. The molecule has 0 saturated heterocycles. The van der Waals surface area contributed by atoms with Gasteiger partial charge in [0.1, 0.15) is 17.6 Å². The average molecular weight is 570 g/mol. The number of ether oxygens (including phenoxy) is 1. The Labute approximate surface area is 244 Å². The van der Waals surface area contributed by atoms with Crippen molar-refractivity contribution in [2.45, 2.75) is 39.3 Å². The van der Waals surface area contributed by atoms with Gasteiger partial charge in [0.05, 0.1) is 7.11 Å². The second-order valence-electron chi connectivity index (χ2n) is 10.2. The molecule has 0 fully saturated rings.